The number of fused-ring (bicyclic) bond motifs is 1. The minimum absolute atomic E-state index is 0.114. The number of aliphatic imine (C=N–C) groups is 1. The number of hydrogen-bond donors (Lipinski definition) is 2. The maximum atomic E-state index is 5.72. The largest absolute Gasteiger partial charge is 0.494 e. The zero-order chi connectivity index (χ0) is 19.8. The molecule has 7 heteroatoms. The van der Waals surface area contributed by atoms with Crippen LogP contribution in [-0.2, 0) is 0 Å². The van der Waals surface area contributed by atoms with Crippen LogP contribution in [-0.4, -0.2) is 34.2 Å². The van der Waals surface area contributed by atoms with E-state index in [1.54, 1.807) is 0 Å². The third kappa shape index (κ3) is 5.66. The van der Waals surface area contributed by atoms with Crippen molar-refractivity contribution in [2.45, 2.75) is 31.1 Å². The third-order valence-electron chi connectivity index (χ3n) is 4.21. The smallest absolute Gasteiger partial charge is 0.185 e. The zero-order valence-electron chi connectivity index (χ0n) is 16.2. The van der Waals surface area contributed by atoms with Crippen molar-refractivity contribution >= 4 is 23.4 Å². The number of nitrogens with two attached hydrogens (primary N) is 2. The van der Waals surface area contributed by atoms with Gasteiger partial charge in [-0.15, -0.1) is 11.8 Å². The molecule has 2 aromatic heterocycles. The molecule has 0 fully saturated rings. The first-order valence-electron chi connectivity index (χ1n) is 9.56. The second-order valence-corrected chi connectivity index (χ2v) is 7.66. The molecular weight excluding hydrogens is 370 g/mol. The number of benzene rings is 1. The summed E-state index contributed by atoms with van der Waals surface area (Å²) in [5.74, 6) is 2.09. The molecule has 0 amide bonds. The Balaban J connectivity index is 1.61. The molecule has 0 spiro atoms. The van der Waals surface area contributed by atoms with Crippen LogP contribution in [0.3, 0.4) is 0 Å². The fourth-order valence-electron chi connectivity index (χ4n) is 2.71. The van der Waals surface area contributed by atoms with Gasteiger partial charge in [0.05, 0.1) is 12.3 Å². The highest BCUT2D eigenvalue weighted by molar-refractivity contribution is 7.99. The molecule has 0 saturated carbocycles. The number of thioether (sulfide) groups is 1. The Bertz CT molecular complexity index is 916. The summed E-state index contributed by atoms with van der Waals surface area (Å²) in [7, 11) is 0. The molecule has 2 heterocycles. The maximum Gasteiger partial charge on any atom is 0.185 e. The van der Waals surface area contributed by atoms with E-state index in [9.17, 15) is 0 Å². The van der Waals surface area contributed by atoms with Gasteiger partial charge in [-0.05, 0) is 48.6 Å². The fourth-order valence-corrected chi connectivity index (χ4v) is 3.74. The molecule has 4 N–H and O–H groups in total. The van der Waals surface area contributed by atoms with Crippen LogP contribution >= 0.6 is 11.8 Å². The van der Waals surface area contributed by atoms with E-state index in [4.69, 9.17) is 21.2 Å². The van der Waals surface area contributed by atoms with Gasteiger partial charge < -0.3 is 20.6 Å². The van der Waals surface area contributed by atoms with Crippen molar-refractivity contribution in [3.05, 3.63) is 48.8 Å². The van der Waals surface area contributed by atoms with Crippen LogP contribution in [0.15, 0.2) is 58.7 Å². The quantitative estimate of drug-likeness (QED) is 0.234. The Morgan fingerprint density at radius 1 is 1.11 bits per heavy atom. The maximum absolute atomic E-state index is 5.72. The second kappa shape index (κ2) is 10.0. The van der Waals surface area contributed by atoms with Gasteiger partial charge in [0.1, 0.15) is 11.4 Å². The van der Waals surface area contributed by atoms with Gasteiger partial charge in [0.15, 0.2) is 5.96 Å². The Kier molecular flexibility index (Phi) is 7.19. The molecular formula is C21H27N5OS. The Morgan fingerprint density at radius 2 is 1.93 bits per heavy atom. The minimum atomic E-state index is 0.114. The highest BCUT2D eigenvalue weighted by Gasteiger charge is 2.06. The number of unbranched alkanes of at least 4 members (excludes halogenated alkanes) is 1. The average molecular weight is 398 g/mol. The van der Waals surface area contributed by atoms with Crippen molar-refractivity contribution in [2.24, 2.45) is 16.5 Å². The van der Waals surface area contributed by atoms with E-state index >= 15 is 0 Å². The first-order valence-corrected chi connectivity index (χ1v) is 10.5. The molecule has 0 saturated heterocycles. The van der Waals surface area contributed by atoms with Crippen molar-refractivity contribution in [3.8, 4) is 17.0 Å². The number of aromatic nitrogens is 2. The van der Waals surface area contributed by atoms with Crippen LogP contribution in [0.1, 0.15) is 26.2 Å². The molecule has 0 bridgehead atoms. The normalized spacial score (nSPS) is 10.9. The molecule has 0 aliphatic heterocycles. The summed E-state index contributed by atoms with van der Waals surface area (Å²) in [6.07, 6.45) is 7.45. The summed E-state index contributed by atoms with van der Waals surface area (Å²) in [4.78, 5) is 9.94. The summed E-state index contributed by atoms with van der Waals surface area (Å²) in [5, 5.41) is 0. The molecule has 28 heavy (non-hydrogen) atoms. The van der Waals surface area contributed by atoms with Gasteiger partial charge in [0.2, 0.25) is 0 Å². The van der Waals surface area contributed by atoms with Gasteiger partial charge >= 0.3 is 0 Å². The molecule has 3 rings (SSSR count). The Labute approximate surface area is 170 Å². The second-order valence-electron chi connectivity index (χ2n) is 6.49. The van der Waals surface area contributed by atoms with Gasteiger partial charge in [-0.3, -0.25) is 4.99 Å². The van der Waals surface area contributed by atoms with Crippen molar-refractivity contribution in [3.63, 3.8) is 0 Å². The number of nitrogens with zero attached hydrogens (tertiary/aromatic N) is 3. The lowest BCUT2D eigenvalue weighted by Crippen LogP contribution is -2.23. The number of guanidine groups is 1. The monoisotopic (exact) mass is 397 g/mol. The van der Waals surface area contributed by atoms with E-state index in [0.29, 0.717) is 13.2 Å². The lowest BCUT2D eigenvalue weighted by molar-refractivity contribution is 0.313. The van der Waals surface area contributed by atoms with E-state index in [1.165, 1.54) is 17.7 Å². The van der Waals surface area contributed by atoms with Crippen LogP contribution in [0, 0.1) is 0 Å². The zero-order valence-corrected chi connectivity index (χ0v) is 17.0. The lowest BCUT2D eigenvalue weighted by Gasteiger charge is -2.05. The minimum Gasteiger partial charge on any atom is -0.494 e. The summed E-state index contributed by atoms with van der Waals surface area (Å²) < 4.78 is 7.82. The van der Waals surface area contributed by atoms with Crippen LogP contribution in [0.4, 0.5) is 0 Å². The fraction of sp³-hybridized carbons (Fsp3) is 0.333. The molecule has 0 aliphatic carbocycles. The summed E-state index contributed by atoms with van der Waals surface area (Å²) in [6.45, 7) is 3.36. The average Bonchev–Trinajstić information content (AvgIpc) is 3.11. The van der Waals surface area contributed by atoms with E-state index in [2.05, 4.69) is 40.8 Å². The van der Waals surface area contributed by atoms with E-state index < -0.39 is 0 Å². The van der Waals surface area contributed by atoms with Crippen LogP contribution < -0.4 is 16.2 Å². The highest BCUT2D eigenvalue weighted by Crippen LogP contribution is 2.25. The molecule has 0 unspecified atom stereocenters. The predicted octanol–water partition coefficient (Wildman–Crippen LogP) is 3.94. The number of ether oxygens (including phenoxy) is 1. The molecule has 0 aliphatic rings. The van der Waals surface area contributed by atoms with E-state index in [1.807, 2.05) is 36.0 Å². The van der Waals surface area contributed by atoms with E-state index in [0.717, 1.165) is 34.8 Å². The first-order chi connectivity index (χ1) is 13.7. The van der Waals surface area contributed by atoms with E-state index in [-0.39, 0.29) is 5.96 Å². The van der Waals surface area contributed by atoms with Crippen molar-refractivity contribution < 1.29 is 4.74 Å². The molecule has 1 aromatic carbocycles. The number of hydrogen-bond acceptors (Lipinski definition) is 4. The first kappa shape index (κ1) is 20.1. The number of rotatable bonds is 10. The van der Waals surface area contributed by atoms with Crippen molar-refractivity contribution in [2.75, 3.05) is 18.9 Å². The molecule has 6 nitrogen and oxygen atoms in total. The number of imidazole rings is 1. The van der Waals surface area contributed by atoms with Crippen LogP contribution in [0.2, 0.25) is 0 Å². The molecule has 3 aromatic rings. The van der Waals surface area contributed by atoms with Gasteiger partial charge in [0, 0.05) is 35.8 Å². The van der Waals surface area contributed by atoms with Gasteiger partial charge in [-0.1, -0.05) is 13.3 Å². The van der Waals surface area contributed by atoms with Crippen molar-refractivity contribution in [1.82, 2.24) is 9.38 Å². The number of pyridine rings is 1. The summed E-state index contributed by atoms with van der Waals surface area (Å²) >= 11 is 1.89. The Hall–Kier alpha value is -2.67. The molecule has 0 radical (unpaired) electrons. The van der Waals surface area contributed by atoms with Gasteiger partial charge in [-0.2, -0.15) is 0 Å². The summed E-state index contributed by atoms with van der Waals surface area (Å²) in [5.41, 5.74) is 13.6. The van der Waals surface area contributed by atoms with Crippen LogP contribution in [0.25, 0.3) is 16.9 Å². The standard InChI is InChI=1S/C21H27N5OS/c1-2-3-13-28-18-9-10-20-25-19(15-26(20)14-18)16-5-7-17(8-6-16)27-12-4-11-24-21(22)23/h5-10,14-15H,2-4,11-13H2,1H3,(H4,22,23,24). The molecule has 148 valence electrons. The van der Waals surface area contributed by atoms with Gasteiger partial charge in [0.25, 0.3) is 0 Å². The highest BCUT2D eigenvalue weighted by atomic mass is 32.2. The van der Waals surface area contributed by atoms with Crippen LogP contribution in [0.5, 0.6) is 5.75 Å². The third-order valence-corrected chi connectivity index (χ3v) is 5.27. The van der Waals surface area contributed by atoms with Crippen molar-refractivity contribution in [1.29, 1.82) is 0 Å². The summed E-state index contributed by atoms with van der Waals surface area (Å²) in [6, 6.07) is 12.2. The van der Waals surface area contributed by atoms with Gasteiger partial charge in [-0.25, -0.2) is 4.98 Å². The topological polar surface area (TPSA) is 90.9 Å². The Morgan fingerprint density at radius 3 is 2.68 bits per heavy atom. The SMILES string of the molecule is CCCCSc1ccc2nc(-c3ccc(OCCCN=C(N)N)cc3)cn2c1. The lowest BCUT2D eigenvalue weighted by atomic mass is 10.2. The molecule has 0 atom stereocenters. The predicted molar refractivity (Wildman–Crippen MR) is 117 cm³/mol.